The fourth-order valence-corrected chi connectivity index (χ4v) is 1.57. The van der Waals surface area contributed by atoms with Gasteiger partial charge in [0.05, 0.1) is 0 Å². The average Bonchev–Trinajstić information content (AvgIpc) is 2.48. The van der Waals surface area contributed by atoms with Crippen molar-refractivity contribution in [2.75, 3.05) is 6.54 Å². The molecule has 0 spiro atoms. The van der Waals surface area contributed by atoms with Crippen LogP contribution in [0.25, 0.3) is 0 Å². The molecule has 0 aromatic rings. The second kappa shape index (κ2) is 2.33. The molecule has 1 saturated heterocycles. The molecule has 0 saturated carbocycles. The Morgan fingerprint density at radius 1 is 1.58 bits per heavy atom. The van der Waals surface area contributed by atoms with Crippen LogP contribution in [0.15, 0.2) is 11.8 Å². The second-order valence-electron chi connectivity index (χ2n) is 3.06. The van der Waals surface area contributed by atoms with Crippen molar-refractivity contribution in [1.29, 1.82) is 0 Å². The molecule has 1 N–H and O–H groups in total. The SMILES string of the molecule is C[C@@H]1NC(=O)C2=CCCN2C1=O. The number of carbonyl (C=O) groups excluding carboxylic acids is 2. The van der Waals surface area contributed by atoms with Crippen molar-refractivity contribution >= 4 is 11.8 Å². The van der Waals surface area contributed by atoms with Crippen molar-refractivity contribution in [3.05, 3.63) is 11.8 Å². The van der Waals surface area contributed by atoms with Gasteiger partial charge in [0.15, 0.2) is 0 Å². The van der Waals surface area contributed by atoms with E-state index in [9.17, 15) is 9.59 Å². The van der Waals surface area contributed by atoms with Crippen molar-refractivity contribution < 1.29 is 9.59 Å². The monoisotopic (exact) mass is 166 g/mol. The van der Waals surface area contributed by atoms with Crippen LogP contribution in [0.2, 0.25) is 0 Å². The summed E-state index contributed by atoms with van der Waals surface area (Å²) in [6, 6.07) is -0.368. The van der Waals surface area contributed by atoms with Gasteiger partial charge in [-0.2, -0.15) is 0 Å². The fraction of sp³-hybridized carbons (Fsp3) is 0.500. The number of hydrogen-bond acceptors (Lipinski definition) is 2. The summed E-state index contributed by atoms with van der Waals surface area (Å²) in [4.78, 5) is 24.2. The highest BCUT2D eigenvalue weighted by molar-refractivity contribution is 6.04. The van der Waals surface area contributed by atoms with Gasteiger partial charge in [-0.3, -0.25) is 9.59 Å². The van der Waals surface area contributed by atoms with Crippen LogP contribution in [0.4, 0.5) is 0 Å². The number of nitrogens with zero attached hydrogens (tertiary/aromatic N) is 1. The van der Waals surface area contributed by atoms with Crippen LogP contribution in [-0.2, 0) is 9.59 Å². The molecule has 4 heteroatoms. The van der Waals surface area contributed by atoms with Gasteiger partial charge in [-0.1, -0.05) is 6.08 Å². The summed E-state index contributed by atoms with van der Waals surface area (Å²) in [6.45, 7) is 2.36. The number of nitrogens with one attached hydrogen (secondary N) is 1. The topological polar surface area (TPSA) is 49.4 Å². The zero-order valence-corrected chi connectivity index (χ0v) is 6.83. The molecular formula is C8H10N2O2. The molecule has 0 radical (unpaired) electrons. The van der Waals surface area contributed by atoms with Crippen LogP contribution in [0, 0.1) is 0 Å². The summed E-state index contributed by atoms with van der Waals surface area (Å²) >= 11 is 0. The van der Waals surface area contributed by atoms with Gasteiger partial charge in [-0.05, 0) is 13.3 Å². The molecular weight excluding hydrogens is 156 g/mol. The molecule has 12 heavy (non-hydrogen) atoms. The zero-order chi connectivity index (χ0) is 8.72. The van der Waals surface area contributed by atoms with Crippen molar-refractivity contribution in [3.8, 4) is 0 Å². The van der Waals surface area contributed by atoms with Crippen LogP contribution >= 0.6 is 0 Å². The molecule has 0 unspecified atom stereocenters. The molecule has 0 aliphatic carbocycles. The van der Waals surface area contributed by atoms with E-state index in [0.717, 1.165) is 6.42 Å². The van der Waals surface area contributed by atoms with E-state index in [1.54, 1.807) is 17.9 Å². The summed E-state index contributed by atoms with van der Waals surface area (Å²) in [7, 11) is 0. The number of amides is 2. The smallest absolute Gasteiger partial charge is 0.268 e. The van der Waals surface area contributed by atoms with E-state index >= 15 is 0 Å². The summed E-state index contributed by atoms with van der Waals surface area (Å²) in [5, 5.41) is 2.60. The number of carbonyl (C=O) groups is 2. The van der Waals surface area contributed by atoms with Crippen molar-refractivity contribution in [3.63, 3.8) is 0 Å². The molecule has 64 valence electrons. The van der Waals surface area contributed by atoms with Crippen molar-refractivity contribution in [2.45, 2.75) is 19.4 Å². The van der Waals surface area contributed by atoms with Gasteiger partial charge in [-0.25, -0.2) is 0 Å². The lowest BCUT2D eigenvalue weighted by molar-refractivity contribution is -0.139. The highest BCUT2D eigenvalue weighted by Crippen LogP contribution is 2.19. The van der Waals surface area contributed by atoms with Gasteiger partial charge in [-0.15, -0.1) is 0 Å². The van der Waals surface area contributed by atoms with E-state index in [1.807, 2.05) is 0 Å². The first kappa shape index (κ1) is 7.34. The number of fused-ring (bicyclic) bond motifs is 1. The predicted molar refractivity (Wildman–Crippen MR) is 42.0 cm³/mol. The Balaban J connectivity index is 2.32. The number of piperazine rings is 1. The molecule has 1 fully saturated rings. The number of rotatable bonds is 0. The molecule has 2 aliphatic heterocycles. The first-order chi connectivity index (χ1) is 5.70. The Morgan fingerprint density at radius 2 is 2.33 bits per heavy atom. The van der Waals surface area contributed by atoms with E-state index in [4.69, 9.17) is 0 Å². The zero-order valence-electron chi connectivity index (χ0n) is 6.83. The van der Waals surface area contributed by atoms with E-state index in [-0.39, 0.29) is 17.9 Å². The Hall–Kier alpha value is -1.32. The number of hydrogen-bond donors (Lipinski definition) is 1. The summed E-state index contributed by atoms with van der Waals surface area (Å²) in [5.41, 5.74) is 0.526. The third kappa shape index (κ3) is 0.841. The maximum atomic E-state index is 11.4. The molecule has 1 atom stereocenters. The summed E-state index contributed by atoms with van der Waals surface area (Å²) in [6.07, 6.45) is 2.60. The maximum Gasteiger partial charge on any atom is 0.268 e. The van der Waals surface area contributed by atoms with Crippen molar-refractivity contribution in [1.82, 2.24) is 10.2 Å². The van der Waals surface area contributed by atoms with Gasteiger partial charge >= 0.3 is 0 Å². The lowest BCUT2D eigenvalue weighted by atomic mass is 10.2. The van der Waals surface area contributed by atoms with E-state index in [1.165, 1.54) is 0 Å². The summed E-state index contributed by atoms with van der Waals surface area (Å²) in [5.74, 6) is -0.127. The van der Waals surface area contributed by atoms with E-state index in [0.29, 0.717) is 12.2 Å². The van der Waals surface area contributed by atoms with Crippen molar-refractivity contribution in [2.24, 2.45) is 0 Å². The van der Waals surface area contributed by atoms with Crippen LogP contribution in [0.5, 0.6) is 0 Å². The first-order valence-corrected chi connectivity index (χ1v) is 4.02. The molecule has 2 aliphatic rings. The molecule has 2 heterocycles. The average molecular weight is 166 g/mol. The molecule has 2 rings (SSSR count). The Labute approximate surface area is 70.2 Å². The predicted octanol–water partition coefficient (Wildman–Crippen LogP) is -0.379. The molecule has 0 bridgehead atoms. The van der Waals surface area contributed by atoms with E-state index < -0.39 is 0 Å². The lowest BCUT2D eigenvalue weighted by Gasteiger charge is -2.29. The van der Waals surface area contributed by atoms with Crippen LogP contribution in [0.3, 0.4) is 0 Å². The van der Waals surface area contributed by atoms with Crippen LogP contribution in [-0.4, -0.2) is 29.3 Å². The third-order valence-corrected chi connectivity index (χ3v) is 2.20. The largest absolute Gasteiger partial charge is 0.339 e. The Kier molecular flexibility index (Phi) is 1.43. The van der Waals surface area contributed by atoms with Crippen LogP contribution in [0.1, 0.15) is 13.3 Å². The quantitative estimate of drug-likeness (QED) is 0.533. The molecule has 0 aromatic carbocycles. The lowest BCUT2D eigenvalue weighted by Crippen LogP contribution is -2.53. The van der Waals surface area contributed by atoms with Gasteiger partial charge in [0.2, 0.25) is 5.91 Å². The minimum Gasteiger partial charge on any atom is -0.339 e. The van der Waals surface area contributed by atoms with Crippen LogP contribution < -0.4 is 5.32 Å². The van der Waals surface area contributed by atoms with Gasteiger partial charge in [0.1, 0.15) is 11.7 Å². The summed E-state index contributed by atoms with van der Waals surface area (Å²) < 4.78 is 0. The van der Waals surface area contributed by atoms with Gasteiger partial charge in [0, 0.05) is 6.54 Å². The molecule has 0 aromatic heterocycles. The first-order valence-electron chi connectivity index (χ1n) is 4.02. The van der Waals surface area contributed by atoms with E-state index in [2.05, 4.69) is 5.32 Å². The minimum atomic E-state index is -0.368. The Bertz CT molecular complexity index is 283. The standard InChI is InChI=1S/C8H10N2O2/c1-5-8(12)10-4-2-3-6(10)7(11)9-5/h3,5H,2,4H2,1H3,(H,9,11)/t5-/m0/s1. The second-order valence-corrected chi connectivity index (χ2v) is 3.06. The Morgan fingerprint density at radius 3 is 3.08 bits per heavy atom. The molecule has 2 amide bonds. The van der Waals surface area contributed by atoms with Gasteiger partial charge < -0.3 is 10.2 Å². The maximum absolute atomic E-state index is 11.4. The van der Waals surface area contributed by atoms with Gasteiger partial charge in [0.25, 0.3) is 5.91 Å². The highest BCUT2D eigenvalue weighted by Gasteiger charge is 2.35. The third-order valence-electron chi connectivity index (χ3n) is 2.20. The minimum absolute atomic E-state index is 0.00153. The highest BCUT2D eigenvalue weighted by atomic mass is 16.2. The molecule has 4 nitrogen and oxygen atoms in total. The fourth-order valence-electron chi connectivity index (χ4n) is 1.57. The normalized spacial score (nSPS) is 28.2.